The van der Waals surface area contributed by atoms with Crippen molar-refractivity contribution in [2.45, 2.75) is 0 Å². The highest BCUT2D eigenvalue weighted by Gasteiger charge is 2.20. The summed E-state index contributed by atoms with van der Waals surface area (Å²) in [5.41, 5.74) is 10.4. The van der Waals surface area contributed by atoms with Gasteiger partial charge in [0.15, 0.2) is 0 Å². The van der Waals surface area contributed by atoms with E-state index in [1.165, 1.54) is 0 Å². The zero-order valence-corrected chi connectivity index (χ0v) is 12.2. The lowest BCUT2D eigenvalue weighted by Gasteiger charge is -1.98. The van der Waals surface area contributed by atoms with Crippen LogP contribution < -0.4 is 0 Å². The molecule has 0 N–H and O–H groups in total. The van der Waals surface area contributed by atoms with E-state index >= 15 is 0 Å². The van der Waals surface area contributed by atoms with Crippen LogP contribution in [-0.2, 0) is 4.79 Å². The third kappa shape index (κ3) is 3.24. The first-order valence-corrected chi connectivity index (χ1v) is 7.10. The topological polar surface area (TPSA) is 53.5 Å². The van der Waals surface area contributed by atoms with Gasteiger partial charge in [-0.3, -0.25) is 4.79 Å². The second-order valence-electron chi connectivity index (χ2n) is 4.96. The first-order chi connectivity index (χ1) is 11.3. The fourth-order valence-corrected chi connectivity index (χ4v) is 2.28. The van der Waals surface area contributed by atoms with Gasteiger partial charge in [-0.1, -0.05) is 54.5 Å². The van der Waals surface area contributed by atoms with Crippen LogP contribution in [0.15, 0.2) is 72.8 Å². The molecule has 0 amide bonds. The highest BCUT2D eigenvalue weighted by Crippen LogP contribution is 2.16. The summed E-state index contributed by atoms with van der Waals surface area (Å²) >= 11 is 0. The maximum absolute atomic E-state index is 12.2. The fraction of sp³-hybridized carbons (Fsp3) is 0. The first-order valence-electron chi connectivity index (χ1n) is 7.10. The summed E-state index contributed by atoms with van der Waals surface area (Å²) in [5, 5.41) is 2.02. The largest absolute Gasteiger partial charge is 0.378 e. The molecule has 3 aromatic rings. The van der Waals surface area contributed by atoms with E-state index in [0.29, 0.717) is 5.56 Å². The Balaban J connectivity index is 1.94. The molecular weight excluding hydrogens is 284 g/mol. The summed E-state index contributed by atoms with van der Waals surface area (Å²) in [6.45, 7) is 0. The van der Waals surface area contributed by atoms with E-state index in [9.17, 15) is 10.3 Å². The van der Waals surface area contributed by atoms with Crippen LogP contribution in [0.25, 0.3) is 16.3 Å². The average molecular weight is 296 g/mol. The van der Waals surface area contributed by atoms with Crippen molar-refractivity contribution < 1.29 is 9.58 Å². The summed E-state index contributed by atoms with van der Waals surface area (Å²) in [4.78, 5) is 15.4. The Labute approximate surface area is 133 Å². The standard InChI is InChI=1S/C20H12N2O/c21-22-20(19(23)13-10-15-6-2-1-3-7-15)18-12-11-16-8-4-5-9-17(16)14-18/h1-9,11-12,14H. The third-order valence-corrected chi connectivity index (χ3v) is 3.43. The van der Waals surface area contributed by atoms with Gasteiger partial charge in [0.1, 0.15) is 0 Å². The van der Waals surface area contributed by atoms with Gasteiger partial charge in [-0.05, 0) is 41.0 Å². The number of hydrogen-bond acceptors (Lipinski definition) is 1. The van der Waals surface area contributed by atoms with E-state index in [-0.39, 0.29) is 5.71 Å². The summed E-state index contributed by atoms with van der Waals surface area (Å²) in [6, 6.07) is 22.4. The van der Waals surface area contributed by atoms with E-state index in [1.807, 2.05) is 66.7 Å². The quantitative estimate of drug-likeness (QED) is 0.309. The van der Waals surface area contributed by atoms with Crippen molar-refractivity contribution in [3.63, 3.8) is 0 Å². The van der Waals surface area contributed by atoms with E-state index in [1.54, 1.807) is 6.07 Å². The fourth-order valence-electron chi connectivity index (χ4n) is 2.28. The molecule has 0 bridgehead atoms. The molecule has 0 aliphatic heterocycles. The maximum atomic E-state index is 12.2. The van der Waals surface area contributed by atoms with Gasteiger partial charge in [-0.15, -0.1) is 0 Å². The Bertz CT molecular complexity index is 988. The summed E-state index contributed by atoms with van der Waals surface area (Å²) in [7, 11) is 0. The van der Waals surface area contributed by atoms with Crippen LogP contribution >= 0.6 is 0 Å². The highest BCUT2D eigenvalue weighted by molar-refractivity contribution is 6.49. The Morgan fingerprint density at radius 1 is 0.870 bits per heavy atom. The van der Waals surface area contributed by atoms with Gasteiger partial charge >= 0.3 is 11.5 Å². The Morgan fingerprint density at radius 2 is 1.57 bits per heavy atom. The minimum atomic E-state index is -0.522. The molecule has 108 valence electrons. The molecule has 0 fully saturated rings. The number of fused-ring (bicyclic) bond motifs is 1. The lowest BCUT2D eigenvalue weighted by atomic mass is 10.0. The molecule has 0 saturated heterocycles. The molecule has 3 rings (SSSR count). The molecule has 0 radical (unpaired) electrons. The van der Waals surface area contributed by atoms with Crippen molar-refractivity contribution in [2.75, 3.05) is 0 Å². The lowest BCUT2D eigenvalue weighted by Crippen LogP contribution is -2.14. The summed E-state index contributed by atoms with van der Waals surface area (Å²) < 4.78 is 0. The van der Waals surface area contributed by atoms with Crippen molar-refractivity contribution in [1.29, 1.82) is 0 Å². The van der Waals surface area contributed by atoms with Crippen molar-refractivity contribution in [3.05, 3.63) is 89.5 Å². The molecule has 3 heteroatoms. The number of ketones is 1. The number of rotatable bonds is 2. The van der Waals surface area contributed by atoms with Gasteiger partial charge in [0, 0.05) is 5.56 Å². The zero-order valence-electron chi connectivity index (χ0n) is 12.2. The molecule has 0 heterocycles. The molecule has 0 aliphatic carbocycles. The summed E-state index contributed by atoms with van der Waals surface area (Å²) in [5.74, 6) is 4.77. The molecule has 3 nitrogen and oxygen atoms in total. The smallest absolute Gasteiger partial charge is 0.361 e. The first kappa shape index (κ1) is 14.5. The number of nitrogens with zero attached hydrogens (tertiary/aromatic N) is 2. The molecule has 0 unspecified atom stereocenters. The van der Waals surface area contributed by atoms with E-state index in [0.717, 1.165) is 16.3 Å². The van der Waals surface area contributed by atoms with Crippen LogP contribution in [-0.4, -0.2) is 16.3 Å². The van der Waals surface area contributed by atoms with Gasteiger partial charge in [0.05, 0.1) is 5.56 Å². The van der Waals surface area contributed by atoms with E-state index < -0.39 is 5.78 Å². The second kappa shape index (κ2) is 6.53. The van der Waals surface area contributed by atoms with Crippen LogP contribution in [0.1, 0.15) is 11.1 Å². The van der Waals surface area contributed by atoms with Crippen molar-refractivity contribution in [1.82, 2.24) is 0 Å². The van der Waals surface area contributed by atoms with Gasteiger partial charge in [-0.25, -0.2) is 0 Å². The Kier molecular flexibility index (Phi) is 4.11. The Morgan fingerprint density at radius 3 is 2.30 bits per heavy atom. The predicted octanol–water partition coefficient (Wildman–Crippen LogP) is 3.48. The lowest BCUT2D eigenvalue weighted by molar-refractivity contribution is -0.112. The second-order valence-corrected chi connectivity index (χ2v) is 4.96. The normalized spacial score (nSPS) is 9.57. The van der Waals surface area contributed by atoms with Crippen molar-refractivity contribution in [2.24, 2.45) is 0 Å². The SMILES string of the molecule is [N-]=[N+]=C(C(=O)C#Cc1ccccc1)c1ccc2ccccc2c1. The average Bonchev–Trinajstić information content (AvgIpc) is 2.61. The molecule has 0 spiro atoms. The van der Waals surface area contributed by atoms with Gasteiger partial charge < -0.3 is 5.53 Å². The number of Topliss-reactive ketones (excluding diaryl/α,β-unsaturated/α-hetero) is 1. The van der Waals surface area contributed by atoms with Gasteiger partial charge in [0.25, 0.3) is 0 Å². The van der Waals surface area contributed by atoms with Crippen molar-refractivity contribution in [3.8, 4) is 11.8 Å². The molecule has 0 aliphatic rings. The molecular formula is C20H12N2O. The molecule has 0 aromatic heterocycles. The van der Waals surface area contributed by atoms with Gasteiger partial charge in [0.2, 0.25) is 0 Å². The number of hydrogen-bond donors (Lipinski definition) is 0. The Hall–Kier alpha value is -3.47. The van der Waals surface area contributed by atoms with E-state index in [4.69, 9.17) is 0 Å². The minimum absolute atomic E-state index is 0.0563. The van der Waals surface area contributed by atoms with Crippen LogP contribution in [0.5, 0.6) is 0 Å². The third-order valence-electron chi connectivity index (χ3n) is 3.43. The van der Waals surface area contributed by atoms with Crippen molar-refractivity contribution >= 4 is 22.3 Å². The summed E-state index contributed by atoms with van der Waals surface area (Å²) in [6.07, 6.45) is 0. The van der Waals surface area contributed by atoms with E-state index in [2.05, 4.69) is 16.6 Å². The highest BCUT2D eigenvalue weighted by atomic mass is 16.1. The van der Waals surface area contributed by atoms with Crippen LogP contribution in [0.4, 0.5) is 0 Å². The zero-order chi connectivity index (χ0) is 16.1. The molecule has 23 heavy (non-hydrogen) atoms. The maximum Gasteiger partial charge on any atom is 0.378 e. The monoisotopic (exact) mass is 296 g/mol. The molecule has 0 saturated carbocycles. The minimum Gasteiger partial charge on any atom is -0.361 e. The number of carbonyl (C=O) groups excluding carboxylic acids is 1. The predicted molar refractivity (Wildman–Crippen MR) is 90.0 cm³/mol. The van der Waals surface area contributed by atoms with Crippen LogP contribution in [0.3, 0.4) is 0 Å². The number of carbonyl (C=O) groups is 1. The van der Waals surface area contributed by atoms with Crippen LogP contribution in [0, 0.1) is 11.8 Å². The van der Waals surface area contributed by atoms with Crippen LogP contribution in [0.2, 0.25) is 0 Å². The molecule has 3 aromatic carbocycles. The molecule has 0 atom stereocenters. The number of benzene rings is 3. The van der Waals surface area contributed by atoms with Gasteiger partial charge in [-0.2, -0.15) is 4.79 Å².